The topological polar surface area (TPSA) is 26.3 Å². The van der Waals surface area contributed by atoms with Crippen molar-refractivity contribution in [2.75, 3.05) is 0 Å². The van der Waals surface area contributed by atoms with Crippen LogP contribution in [0.25, 0.3) is 0 Å². The van der Waals surface area contributed by atoms with Crippen molar-refractivity contribution in [3.8, 4) is 5.75 Å². The van der Waals surface area contributed by atoms with Gasteiger partial charge >= 0.3 is 11.7 Å². The van der Waals surface area contributed by atoms with Crippen molar-refractivity contribution in [2.45, 2.75) is 11.7 Å². The summed E-state index contributed by atoms with van der Waals surface area (Å²) < 4.78 is 76.4. The standard InChI is InChI=1S/C9H3ClF6O2/c10-8(12,13)7(17)4-1-2-6(5(11)3-4)18-9(14,15)16/h1-3H. The van der Waals surface area contributed by atoms with Gasteiger partial charge in [-0.3, -0.25) is 4.79 Å². The van der Waals surface area contributed by atoms with E-state index < -0.39 is 34.7 Å². The lowest BCUT2D eigenvalue weighted by Gasteiger charge is -2.11. The Balaban J connectivity index is 3.04. The molecule has 0 aliphatic rings. The zero-order chi connectivity index (χ0) is 14.1. The van der Waals surface area contributed by atoms with E-state index in [0.717, 1.165) is 0 Å². The predicted molar refractivity (Wildman–Crippen MR) is 48.2 cm³/mol. The Morgan fingerprint density at radius 2 is 1.72 bits per heavy atom. The number of Topliss-reactive ketones (excluding diaryl/α,β-unsaturated/α-hetero) is 1. The molecule has 0 saturated carbocycles. The average Bonchev–Trinajstić information content (AvgIpc) is 2.16. The second-order valence-corrected chi connectivity index (χ2v) is 3.49. The molecule has 0 unspecified atom stereocenters. The normalized spacial score (nSPS) is 12.4. The molecule has 0 spiro atoms. The maximum atomic E-state index is 13.1. The molecule has 0 aliphatic heterocycles. The molecular weight excluding hydrogens is 290 g/mol. The zero-order valence-corrected chi connectivity index (χ0v) is 8.95. The number of benzene rings is 1. The first-order chi connectivity index (χ1) is 8.00. The van der Waals surface area contributed by atoms with Crippen LogP contribution in [0, 0.1) is 5.82 Å². The van der Waals surface area contributed by atoms with Gasteiger partial charge < -0.3 is 4.74 Å². The first-order valence-electron chi connectivity index (χ1n) is 4.17. The Morgan fingerprint density at radius 1 is 1.17 bits per heavy atom. The van der Waals surface area contributed by atoms with E-state index in [9.17, 15) is 31.1 Å². The van der Waals surface area contributed by atoms with Crippen LogP contribution in [0.2, 0.25) is 0 Å². The summed E-state index contributed by atoms with van der Waals surface area (Å²) in [6.07, 6.45) is -5.14. The molecular formula is C9H3ClF6O2. The summed E-state index contributed by atoms with van der Waals surface area (Å²) in [6, 6.07) is 1.13. The second-order valence-electron chi connectivity index (χ2n) is 3.02. The highest BCUT2D eigenvalue weighted by Gasteiger charge is 2.37. The Kier molecular flexibility index (Phi) is 3.80. The molecule has 0 N–H and O–H groups in total. The molecule has 1 aromatic carbocycles. The van der Waals surface area contributed by atoms with Crippen molar-refractivity contribution in [3.63, 3.8) is 0 Å². The number of carbonyl (C=O) groups excluding carboxylic acids is 1. The Labute approximate surface area is 101 Å². The van der Waals surface area contributed by atoms with Crippen LogP contribution in [0.15, 0.2) is 18.2 Å². The lowest BCUT2D eigenvalue weighted by Crippen LogP contribution is -2.22. The SMILES string of the molecule is O=C(c1ccc(OC(F)(F)F)c(F)c1)C(F)(F)Cl. The van der Waals surface area contributed by atoms with Crippen LogP contribution in [-0.2, 0) is 0 Å². The third-order valence-electron chi connectivity index (χ3n) is 1.68. The fourth-order valence-electron chi connectivity index (χ4n) is 1.01. The Bertz CT molecular complexity index is 465. The molecule has 2 nitrogen and oxygen atoms in total. The van der Waals surface area contributed by atoms with Crippen molar-refractivity contribution in [3.05, 3.63) is 29.6 Å². The van der Waals surface area contributed by atoms with Crippen molar-refractivity contribution in [1.29, 1.82) is 0 Å². The number of hydrogen-bond donors (Lipinski definition) is 0. The molecule has 100 valence electrons. The number of hydrogen-bond acceptors (Lipinski definition) is 2. The molecule has 0 fully saturated rings. The van der Waals surface area contributed by atoms with Crippen molar-refractivity contribution in [1.82, 2.24) is 0 Å². The van der Waals surface area contributed by atoms with Gasteiger partial charge in [0.25, 0.3) is 0 Å². The van der Waals surface area contributed by atoms with E-state index >= 15 is 0 Å². The highest BCUT2D eigenvalue weighted by molar-refractivity contribution is 6.35. The largest absolute Gasteiger partial charge is 0.573 e. The Morgan fingerprint density at radius 3 is 2.11 bits per heavy atom. The van der Waals surface area contributed by atoms with Gasteiger partial charge in [-0.2, -0.15) is 8.78 Å². The second kappa shape index (κ2) is 4.68. The van der Waals surface area contributed by atoms with Gasteiger partial charge in [-0.25, -0.2) is 4.39 Å². The van der Waals surface area contributed by atoms with E-state index in [1.807, 2.05) is 0 Å². The number of alkyl halides is 6. The van der Waals surface area contributed by atoms with E-state index in [2.05, 4.69) is 16.3 Å². The first-order valence-corrected chi connectivity index (χ1v) is 4.55. The molecule has 1 rings (SSSR count). The fraction of sp³-hybridized carbons (Fsp3) is 0.222. The van der Waals surface area contributed by atoms with Gasteiger partial charge in [0, 0.05) is 5.56 Å². The summed E-state index contributed by atoms with van der Waals surface area (Å²) in [5.74, 6) is -4.78. The minimum absolute atomic E-state index is 0.180. The van der Waals surface area contributed by atoms with Crippen LogP contribution in [0.1, 0.15) is 10.4 Å². The highest BCUT2D eigenvalue weighted by atomic mass is 35.5. The average molecular weight is 293 g/mol. The van der Waals surface area contributed by atoms with E-state index in [0.29, 0.717) is 12.1 Å². The van der Waals surface area contributed by atoms with Crippen molar-refractivity contribution >= 4 is 17.4 Å². The summed E-state index contributed by atoms with van der Waals surface area (Å²) >= 11 is 4.40. The molecule has 0 amide bonds. The van der Waals surface area contributed by atoms with Gasteiger partial charge in [0.2, 0.25) is 5.78 Å². The fourth-order valence-corrected chi connectivity index (χ4v) is 1.12. The molecule has 0 aromatic heterocycles. The van der Waals surface area contributed by atoms with Gasteiger partial charge in [-0.05, 0) is 29.8 Å². The van der Waals surface area contributed by atoms with E-state index in [4.69, 9.17) is 0 Å². The van der Waals surface area contributed by atoms with Crippen LogP contribution >= 0.6 is 11.6 Å². The lowest BCUT2D eigenvalue weighted by molar-refractivity contribution is -0.275. The van der Waals surface area contributed by atoms with Gasteiger partial charge in [0.15, 0.2) is 11.6 Å². The van der Waals surface area contributed by atoms with Crippen LogP contribution < -0.4 is 4.74 Å². The predicted octanol–water partition coefficient (Wildman–Crippen LogP) is 3.74. The lowest BCUT2D eigenvalue weighted by atomic mass is 10.1. The number of halogens is 7. The molecule has 0 aliphatic carbocycles. The molecule has 0 saturated heterocycles. The molecule has 9 heteroatoms. The maximum Gasteiger partial charge on any atom is 0.573 e. The molecule has 0 bridgehead atoms. The maximum absolute atomic E-state index is 13.1. The number of ether oxygens (including phenoxy) is 1. The molecule has 18 heavy (non-hydrogen) atoms. The minimum atomic E-state index is -5.14. The van der Waals surface area contributed by atoms with E-state index in [1.54, 1.807) is 0 Å². The zero-order valence-electron chi connectivity index (χ0n) is 8.19. The number of ketones is 1. The monoisotopic (exact) mass is 292 g/mol. The first kappa shape index (κ1) is 14.6. The third kappa shape index (κ3) is 3.80. The molecule has 0 atom stereocenters. The quantitative estimate of drug-likeness (QED) is 0.482. The van der Waals surface area contributed by atoms with Crippen LogP contribution in [0.5, 0.6) is 5.75 Å². The van der Waals surface area contributed by atoms with Crippen molar-refractivity contribution < 1.29 is 35.9 Å². The minimum Gasteiger partial charge on any atom is -0.403 e. The van der Waals surface area contributed by atoms with E-state index in [1.165, 1.54) is 0 Å². The molecule has 1 aromatic rings. The third-order valence-corrected chi connectivity index (χ3v) is 1.85. The summed E-state index contributed by atoms with van der Waals surface area (Å²) in [7, 11) is 0. The van der Waals surface area contributed by atoms with Crippen LogP contribution in [-0.4, -0.2) is 17.5 Å². The molecule has 0 heterocycles. The summed E-state index contributed by atoms with van der Waals surface area (Å²) in [4.78, 5) is 10.9. The van der Waals surface area contributed by atoms with Crippen LogP contribution in [0.4, 0.5) is 26.3 Å². The van der Waals surface area contributed by atoms with Crippen molar-refractivity contribution in [2.24, 2.45) is 0 Å². The van der Waals surface area contributed by atoms with Gasteiger partial charge in [-0.15, -0.1) is 13.2 Å². The number of carbonyl (C=O) groups is 1. The van der Waals surface area contributed by atoms with Crippen LogP contribution in [0.3, 0.4) is 0 Å². The number of rotatable bonds is 3. The summed E-state index contributed by atoms with van der Waals surface area (Å²) in [5.41, 5.74) is -0.873. The summed E-state index contributed by atoms with van der Waals surface area (Å²) in [5, 5.41) is -4.27. The smallest absolute Gasteiger partial charge is 0.403 e. The van der Waals surface area contributed by atoms with Gasteiger partial charge in [-0.1, -0.05) is 0 Å². The highest BCUT2D eigenvalue weighted by Crippen LogP contribution is 2.29. The van der Waals surface area contributed by atoms with E-state index in [-0.39, 0.29) is 6.07 Å². The molecule has 0 radical (unpaired) electrons. The van der Waals surface area contributed by atoms with Gasteiger partial charge in [0.1, 0.15) is 0 Å². The summed E-state index contributed by atoms with van der Waals surface area (Å²) in [6.45, 7) is 0. The van der Waals surface area contributed by atoms with Gasteiger partial charge in [0.05, 0.1) is 0 Å². The Hall–Kier alpha value is -1.44.